The number of oxazole rings is 1. The first-order valence-corrected chi connectivity index (χ1v) is 9.81. The molecule has 4 rings (SSSR count). The van der Waals surface area contributed by atoms with Crippen molar-refractivity contribution >= 4 is 16.6 Å². The quantitative estimate of drug-likeness (QED) is 0.709. The number of rotatable bonds is 5. The van der Waals surface area contributed by atoms with Crippen LogP contribution in [0.4, 0.5) is 5.82 Å². The second-order valence-corrected chi connectivity index (χ2v) is 7.89. The number of aromatic nitrogens is 2. The molecule has 0 saturated heterocycles. The SMILES string of the molecule is Cc1ncc(-c2ccc3cnc(NC[C@H]4CC[C@H](N(C)C)CC4)cc3c2)o1. The fraction of sp³-hybridized carbons (Fsp3) is 0.455. The van der Waals surface area contributed by atoms with E-state index in [9.17, 15) is 0 Å². The number of nitrogens with zero attached hydrogens (tertiary/aromatic N) is 3. The minimum Gasteiger partial charge on any atom is -0.441 e. The van der Waals surface area contributed by atoms with Crippen molar-refractivity contribution in [2.24, 2.45) is 5.92 Å². The number of anilines is 1. The van der Waals surface area contributed by atoms with Gasteiger partial charge in [-0.15, -0.1) is 0 Å². The highest BCUT2D eigenvalue weighted by Gasteiger charge is 2.22. The molecule has 1 saturated carbocycles. The number of hydrogen-bond acceptors (Lipinski definition) is 5. The van der Waals surface area contributed by atoms with Crippen LogP contribution in [0.15, 0.2) is 41.1 Å². The maximum absolute atomic E-state index is 5.66. The molecule has 1 aliphatic carbocycles. The third-order valence-electron chi connectivity index (χ3n) is 5.75. The van der Waals surface area contributed by atoms with Crippen molar-refractivity contribution in [2.45, 2.75) is 38.6 Å². The molecular formula is C22H28N4O. The maximum Gasteiger partial charge on any atom is 0.191 e. The van der Waals surface area contributed by atoms with E-state index in [-0.39, 0.29) is 0 Å². The van der Waals surface area contributed by atoms with E-state index in [2.05, 4.69) is 58.5 Å². The fourth-order valence-corrected chi connectivity index (χ4v) is 4.00. The predicted molar refractivity (Wildman–Crippen MR) is 110 cm³/mol. The molecular weight excluding hydrogens is 336 g/mol. The standard InChI is InChI=1S/C22H28N4O/c1-15-23-14-21(27-15)17-6-7-18-13-25-22(11-19(18)10-17)24-12-16-4-8-20(9-5-16)26(2)3/h6-7,10-11,13-14,16,20H,4-5,8-9,12H2,1-3H3,(H,24,25)/t16-,20-. The zero-order valence-electron chi connectivity index (χ0n) is 16.4. The van der Waals surface area contributed by atoms with Gasteiger partial charge in [0.15, 0.2) is 11.7 Å². The van der Waals surface area contributed by atoms with Crippen molar-refractivity contribution < 1.29 is 4.42 Å². The van der Waals surface area contributed by atoms with Gasteiger partial charge in [0.25, 0.3) is 0 Å². The van der Waals surface area contributed by atoms with Crippen LogP contribution in [0.1, 0.15) is 31.6 Å². The van der Waals surface area contributed by atoms with Gasteiger partial charge < -0.3 is 14.6 Å². The summed E-state index contributed by atoms with van der Waals surface area (Å²) in [5.74, 6) is 3.18. The van der Waals surface area contributed by atoms with E-state index in [1.165, 1.54) is 25.7 Å². The Morgan fingerprint density at radius 1 is 1.04 bits per heavy atom. The molecule has 0 aliphatic heterocycles. The van der Waals surface area contributed by atoms with Gasteiger partial charge in [-0.1, -0.05) is 12.1 Å². The van der Waals surface area contributed by atoms with Crippen molar-refractivity contribution in [1.29, 1.82) is 0 Å². The van der Waals surface area contributed by atoms with Crippen LogP contribution in [-0.4, -0.2) is 41.5 Å². The van der Waals surface area contributed by atoms with Gasteiger partial charge in [-0.25, -0.2) is 9.97 Å². The number of fused-ring (bicyclic) bond motifs is 1. The Balaban J connectivity index is 1.43. The third-order valence-corrected chi connectivity index (χ3v) is 5.75. The smallest absolute Gasteiger partial charge is 0.191 e. The number of hydrogen-bond donors (Lipinski definition) is 1. The number of pyridine rings is 1. The summed E-state index contributed by atoms with van der Waals surface area (Å²) < 4.78 is 5.66. The molecule has 2 aromatic heterocycles. The highest BCUT2D eigenvalue weighted by atomic mass is 16.4. The number of benzene rings is 1. The van der Waals surface area contributed by atoms with Crippen LogP contribution in [0.25, 0.3) is 22.1 Å². The van der Waals surface area contributed by atoms with Gasteiger partial charge in [-0.2, -0.15) is 0 Å². The molecule has 1 aliphatic rings. The summed E-state index contributed by atoms with van der Waals surface area (Å²) in [6.45, 7) is 2.86. The van der Waals surface area contributed by atoms with Gasteiger partial charge in [0.05, 0.1) is 6.20 Å². The summed E-state index contributed by atoms with van der Waals surface area (Å²) in [5.41, 5.74) is 1.04. The second kappa shape index (κ2) is 7.69. The summed E-state index contributed by atoms with van der Waals surface area (Å²) in [5, 5.41) is 5.85. The molecule has 0 amide bonds. The minimum absolute atomic E-state index is 0.686. The second-order valence-electron chi connectivity index (χ2n) is 7.89. The van der Waals surface area contributed by atoms with Gasteiger partial charge in [-0.3, -0.25) is 0 Å². The summed E-state index contributed by atoms with van der Waals surface area (Å²) in [4.78, 5) is 11.1. The first-order chi connectivity index (χ1) is 13.1. The van der Waals surface area contributed by atoms with E-state index in [1.54, 1.807) is 6.20 Å². The average Bonchev–Trinajstić information content (AvgIpc) is 3.12. The molecule has 0 spiro atoms. The Hall–Kier alpha value is -2.40. The molecule has 0 radical (unpaired) electrons. The summed E-state index contributed by atoms with van der Waals surface area (Å²) in [7, 11) is 4.38. The van der Waals surface area contributed by atoms with Crippen molar-refractivity contribution in [3.63, 3.8) is 0 Å². The van der Waals surface area contributed by atoms with Crippen LogP contribution >= 0.6 is 0 Å². The Labute approximate surface area is 160 Å². The molecule has 1 aromatic carbocycles. The zero-order chi connectivity index (χ0) is 18.8. The van der Waals surface area contributed by atoms with Crippen LogP contribution in [0.2, 0.25) is 0 Å². The molecule has 5 nitrogen and oxygen atoms in total. The average molecular weight is 364 g/mol. The Bertz CT molecular complexity index is 910. The molecule has 3 aromatic rings. The van der Waals surface area contributed by atoms with E-state index in [1.807, 2.05) is 13.1 Å². The predicted octanol–water partition coefficient (Wildman–Crippen LogP) is 4.73. The lowest BCUT2D eigenvalue weighted by Gasteiger charge is -2.32. The van der Waals surface area contributed by atoms with E-state index >= 15 is 0 Å². The van der Waals surface area contributed by atoms with Crippen LogP contribution in [0, 0.1) is 12.8 Å². The molecule has 0 bridgehead atoms. The van der Waals surface area contributed by atoms with Crippen LogP contribution < -0.4 is 5.32 Å². The van der Waals surface area contributed by atoms with Crippen molar-refractivity contribution in [2.75, 3.05) is 26.0 Å². The topological polar surface area (TPSA) is 54.2 Å². The first-order valence-electron chi connectivity index (χ1n) is 9.81. The number of nitrogens with one attached hydrogen (secondary N) is 1. The molecule has 0 unspecified atom stereocenters. The van der Waals surface area contributed by atoms with Gasteiger partial charge in [0.1, 0.15) is 5.82 Å². The van der Waals surface area contributed by atoms with Gasteiger partial charge in [-0.05, 0) is 63.2 Å². The Kier molecular flexibility index (Phi) is 5.12. The lowest BCUT2D eigenvalue weighted by molar-refractivity contribution is 0.198. The van der Waals surface area contributed by atoms with Crippen molar-refractivity contribution in [3.8, 4) is 11.3 Å². The van der Waals surface area contributed by atoms with Gasteiger partial charge in [0.2, 0.25) is 0 Å². The van der Waals surface area contributed by atoms with E-state index in [4.69, 9.17) is 4.42 Å². The molecule has 0 atom stereocenters. The minimum atomic E-state index is 0.686. The molecule has 2 heterocycles. The Morgan fingerprint density at radius 2 is 1.85 bits per heavy atom. The lowest BCUT2D eigenvalue weighted by atomic mass is 9.85. The highest BCUT2D eigenvalue weighted by molar-refractivity contribution is 5.87. The first kappa shape index (κ1) is 18.0. The van der Waals surface area contributed by atoms with Gasteiger partial charge in [0, 0.05) is 36.7 Å². The van der Waals surface area contributed by atoms with Gasteiger partial charge >= 0.3 is 0 Å². The normalized spacial score (nSPS) is 20.3. The Morgan fingerprint density at radius 3 is 2.56 bits per heavy atom. The summed E-state index contributed by atoms with van der Waals surface area (Å²) >= 11 is 0. The maximum atomic E-state index is 5.66. The van der Waals surface area contributed by atoms with Crippen LogP contribution in [0.5, 0.6) is 0 Å². The third kappa shape index (κ3) is 4.14. The summed E-state index contributed by atoms with van der Waals surface area (Å²) in [6, 6.07) is 9.17. The van der Waals surface area contributed by atoms with E-state index in [0.717, 1.165) is 46.4 Å². The van der Waals surface area contributed by atoms with Crippen LogP contribution in [-0.2, 0) is 0 Å². The molecule has 5 heteroatoms. The molecule has 1 fully saturated rings. The van der Waals surface area contributed by atoms with Crippen LogP contribution in [0.3, 0.4) is 0 Å². The van der Waals surface area contributed by atoms with E-state index < -0.39 is 0 Å². The monoisotopic (exact) mass is 364 g/mol. The van der Waals surface area contributed by atoms with Crippen molar-refractivity contribution in [3.05, 3.63) is 42.5 Å². The summed E-state index contributed by atoms with van der Waals surface area (Å²) in [6.07, 6.45) is 8.89. The highest BCUT2D eigenvalue weighted by Crippen LogP contribution is 2.28. The number of aryl methyl sites for hydroxylation is 1. The largest absolute Gasteiger partial charge is 0.441 e. The molecule has 1 N–H and O–H groups in total. The lowest BCUT2D eigenvalue weighted by Crippen LogP contribution is -2.33. The molecule has 27 heavy (non-hydrogen) atoms. The fourth-order valence-electron chi connectivity index (χ4n) is 4.00. The molecule has 142 valence electrons. The zero-order valence-corrected chi connectivity index (χ0v) is 16.4. The van der Waals surface area contributed by atoms with E-state index in [0.29, 0.717) is 5.89 Å². The van der Waals surface area contributed by atoms with Crippen molar-refractivity contribution in [1.82, 2.24) is 14.9 Å².